The number of hydrogen-bond acceptors (Lipinski definition) is 2. The fraction of sp³-hybridized carbons (Fsp3) is 0.200. The molecule has 0 aliphatic rings. The van der Waals surface area contributed by atoms with Gasteiger partial charge in [-0.1, -0.05) is 43.5 Å². The second kappa shape index (κ2) is 6.59. The first kappa shape index (κ1) is 13.1. The molecule has 0 amide bonds. The SMILES string of the molecule is C=C/C=C(\C=C)c1cccc(NCC)c1OC. The topological polar surface area (TPSA) is 21.3 Å². The molecule has 1 rings (SSSR count). The van der Waals surface area contributed by atoms with Crippen LogP contribution in [0.25, 0.3) is 5.57 Å². The van der Waals surface area contributed by atoms with E-state index in [1.807, 2.05) is 24.3 Å². The van der Waals surface area contributed by atoms with Crippen molar-refractivity contribution in [3.63, 3.8) is 0 Å². The predicted molar refractivity (Wildman–Crippen MR) is 75.5 cm³/mol. The molecule has 2 nitrogen and oxygen atoms in total. The maximum atomic E-state index is 5.47. The molecular weight excluding hydrogens is 210 g/mol. The Labute approximate surface area is 103 Å². The number of rotatable bonds is 6. The van der Waals surface area contributed by atoms with Gasteiger partial charge in [0.1, 0.15) is 5.75 Å². The van der Waals surface area contributed by atoms with Crippen LogP contribution in [-0.4, -0.2) is 13.7 Å². The van der Waals surface area contributed by atoms with E-state index in [1.165, 1.54) is 0 Å². The van der Waals surface area contributed by atoms with Crippen LogP contribution in [0, 0.1) is 0 Å². The highest BCUT2D eigenvalue weighted by Gasteiger charge is 2.09. The lowest BCUT2D eigenvalue weighted by Gasteiger charge is -2.14. The van der Waals surface area contributed by atoms with Gasteiger partial charge in [-0.3, -0.25) is 0 Å². The first-order valence-electron chi connectivity index (χ1n) is 5.64. The summed E-state index contributed by atoms with van der Waals surface area (Å²) in [6.07, 6.45) is 5.46. The van der Waals surface area contributed by atoms with Crippen molar-refractivity contribution < 1.29 is 4.74 Å². The van der Waals surface area contributed by atoms with Crippen molar-refractivity contribution in [2.75, 3.05) is 19.0 Å². The molecule has 0 saturated heterocycles. The van der Waals surface area contributed by atoms with Crippen LogP contribution in [0.3, 0.4) is 0 Å². The van der Waals surface area contributed by atoms with Crippen LogP contribution in [0.15, 0.2) is 49.6 Å². The number of hydrogen-bond donors (Lipinski definition) is 1. The third kappa shape index (κ3) is 3.00. The molecule has 90 valence electrons. The number of ether oxygens (including phenoxy) is 1. The summed E-state index contributed by atoms with van der Waals surface area (Å²) < 4.78 is 5.47. The summed E-state index contributed by atoms with van der Waals surface area (Å²) in [5, 5.41) is 3.28. The normalized spacial score (nSPS) is 10.8. The Morgan fingerprint density at radius 2 is 2.18 bits per heavy atom. The fourth-order valence-electron chi connectivity index (χ4n) is 1.71. The summed E-state index contributed by atoms with van der Waals surface area (Å²) in [6, 6.07) is 6.01. The first-order chi connectivity index (χ1) is 8.28. The minimum atomic E-state index is 0.836. The molecule has 0 aliphatic heterocycles. The van der Waals surface area contributed by atoms with Gasteiger partial charge in [0.25, 0.3) is 0 Å². The van der Waals surface area contributed by atoms with E-state index in [1.54, 1.807) is 19.3 Å². The minimum Gasteiger partial charge on any atom is -0.494 e. The Morgan fingerprint density at radius 3 is 2.71 bits per heavy atom. The highest BCUT2D eigenvalue weighted by Crippen LogP contribution is 2.33. The van der Waals surface area contributed by atoms with Gasteiger partial charge in [0.05, 0.1) is 12.8 Å². The van der Waals surface area contributed by atoms with E-state index in [4.69, 9.17) is 4.74 Å². The molecule has 0 fully saturated rings. The summed E-state index contributed by atoms with van der Waals surface area (Å²) in [5.74, 6) is 0.836. The van der Waals surface area contributed by atoms with E-state index >= 15 is 0 Å². The van der Waals surface area contributed by atoms with Gasteiger partial charge in [0.2, 0.25) is 0 Å². The predicted octanol–water partition coefficient (Wildman–Crippen LogP) is 3.88. The maximum Gasteiger partial charge on any atom is 0.149 e. The van der Waals surface area contributed by atoms with Crippen LogP contribution < -0.4 is 10.1 Å². The van der Waals surface area contributed by atoms with Crippen LogP contribution in [0.2, 0.25) is 0 Å². The molecule has 2 heteroatoms. The second-order valence-electron chi connectivity index (χ2n) is 3.48. The molecular formula is C15H19NO. The summed E-state index contributed by atoms with van der Waals surface area (Å²) in [5.41, 5.74) is 3.00. The van der Waals surface area contributed by atoms with Crippen LogP contribution in [0.5, 0.6) is 5.75 Å². The average Bonchev–Trinajstić information content (AvgIpc) is 2.36. The Kier molecular flexibility index (Phi) is 5.08. The third-order valence-corrected chi connectivity index (χ3v) is 2.41. The average molecular weight is 229 g/mol. The minimum absolute atomic E-state index is 0.836. The Morgan fingerprint density at radius 1 is 1.41 bits per heavy atom. The van der Waals surface area contributed by atoms with Crippen molar-refractivity contribution in [2.24, 2.45) is 0 Å². The number of para-hydroxylation sites is 1. The molecule has 1 N–H and O–H groups in total. The summed E-state index contributed by atoms with van der Waals surface area (Å²) in [4.78, 5) is 0. The monoisotopic (exact) mass is 229 g/mol. The molecule has 0 bridgehead atoms. The summed E-state index contributed by atoms with van der Waals surface area (Å²) in [6.45, 7) is 10.4. The molecule has 0 heterocycles. The van der Waals surface area contributed by atoms with Crippen molar-refractivity contribution in [1.29, 1.82) is 0 Å². The molecule has 17 heavy (non-hydrogen) atoms. The van der Waals surface area contributed by atoms with Crippen LogP contribution in [0.4, 0.5) is 5.69 Å². The van der Waals surface area contributed by atoms with E-state index in [0.29, 0.717) is 0 Å². The number of allylic oxidation sites excluding steroid dienone is 4. The van der Waals surface area contributed by atoms with E-state index in [-0.39, 0.29) is 0 Å². The van der Waals surface area contributed by atoms with Gasteiger partial charge >= 0.3 is 0 Å². The molecule has 0 unspecified atom stereocenters. The second-order valence-corrected chi connectivity index (χ2v) is 3.48. The lowest BCUT2D eigenvalue weighted by molar-refractivity contribution is 0.415. The van der Waals surface area contributed by atoms with Crippen molar-refractivity contribution in [2.45, 2.75) is 6.92 Å². The van der Waals surface area contributed by atoms with Gasteiger partial charge in [0.15, 0.2) is 0 Å². The summed E-state index contributed by atoms with van der Waals surface area (Å²) >= 11 is 0. The standard InChI is InChI=1S/C15H19NO/c1-5-9-12(6-2)13-10-8-11-14(16-7-3)15(13)17-4/h5-6,8-11,16H,1-2,7H2,3-4H3/b12-9+. The van der Waals surface area contributed by atoms with E-state index in [9.17, 15) is 0 Å². The molecule has 0 radical (unpaired) electrons. The van der Waals surface area contributed by atoms with Crippen molar-refractivity contribution in [3.05, 3.63) is 55.1 Å². The Hall–Kier alpha value is -1.96. The van der Waals surface area contributed by atoms with Gasteiger partial charge in [0, 0.05) is 12.1 Å². The number of benzene rings is 1. The molecule has 1 aromatic carbocycles. The fourth-order valence-corrected chi connectivity index (χ4v) is 1.71. The third-order valence-electron chi connectivity index (χ3n) is 2.41. The first-order valence-corrected chi connectivity index (χ1v) is 5.64. The highest BCUT2D eigenvalue weighted by molar-refractivity contribution is 5.82. The van der Waals surface area contributed by atoms with Crippen LogP contribution >= 0.6 is 0 Å². The highest BCUT2D eigenvalue weighted by atomic mass is 16.5. The maximum absolute atomic E-state index is 5.47. The van der Waals surface area contributed by atoms with E-state index in [0.717, 1.165) is 29.1 Å². The number of methoxy groups -OCH3 is 1. The lowest BCUT2D eigenvalue weighted by atomic mass is 10.0. The number of anilines is 1. The summed E-state index contributed by atoms with van der Waals surface area (Å²) in [7, 11) is 1.67. The zero-order valence-corrected chi connectivity index (χ0v) is 10.5. The Bertz CT molecular complexity index is 433. The van der Waals surface area contributed by atoms with E-state index < -0.39 is 0 Å². The molecule has 0 atom stereocenters. The van der Waals surface area contributed by atoms with E-state index in [2.05, 4.69) is 25.4 Å². The molecule has 0 saturated carbocycles. The molecule has 0 spiro atoms. The van der Waals surface area contributed by atoms with Crippen LogP contribution in [0.1, 0.15) is 12.5 Å². The lowest BCUT2D eigenvalue weighted by Crippen LogP contribution is -2.01. The van der Waals surface area contributed by atoms with Gasteiger partial charge in [-0.2, -0.15) is 0 Å². The molecule has 0 aliphatic carbocycles. The van der Waals surface area contributed by atoms with Gasteiger partial charge in [-0.05, 0) is 18.6 Å². The smallest absolute Gasteiger partial charge is 0.149 e. The Balaban J connectivity index is 3.31. The van der Waals surface area contributed by atoms with Gasteiger partial charge < -0.3 is 10.1 Å². The molecule has 1 aromatic rings. The van der Waals surface area contributed by atoms with Gasteiger partial charge in [-0.25, -0.2) is 0 Å². The molecule has 0 aromatic heterocycles. The zero-order chi connectivity index (χ0) is 12.7. The van der Waals surface area contributed by atoms with Crippen molar-refractivity contribution in [1.82, 2.24) is 0 Å². The van der Waals surface area contributed by atoms with Crippen molar-refractivity contribution in [3.8, 4) is 5.75 Å². The van der Waals surface area contributed by atoms with Crippen LogP contribution in [-0.2, 0) is 0 Å². The largest absolute Gasteiger partial charge is 0.494 e. The van der Waals surface area contributed by atoms with Crippen molar-refractivity contribution >= 4 is 11.3 Å². The van der Waals surface area contributed by atoms with Gasteiger partial charge in [-0.15, -0.1) is 0 Å². The number of nitrogens with one attached hydrogen (secondary N) is 1. The quantitative estimate of drug-likeness (QED) is 0.747. The zero-order valence-electron chi connectivity index (χ0n) is 10.5.